The maximum absolute atomic E-state index is 6.23. The Hall–Kier alpha value is -1.93. The van der Waals surface area contributed by atoms with Crippen molar-refractivity contribution in [3.05, 3.63) is 63.9 Å². The first kappa shape index (κ1) is 14.0. The zero-order valence-corrected chi connectivity index (χ0v) is 13.2. The molecule has 21 heavy (non-hydrogen) atoms. The van der Waals surface area contributed by atoms with Gasteiger partial charge >= 0.3 is 0 Å². The van der Waals surface area contributed by atoms with Gasteiger partial charge in [0.15, 0.2) is 5.22 Å². The molecule has 0 aliphatic heterocycles. The molecule has 0 aliphatic carbocycles. The standard InChI is InChI=1S/C18H18ClNO/c1-11-8-12(2)17(13(3)9-11)20-10-15-14-6-4-5-7-16(14)21-18(15)19/h4-9,20H,10H2,1-3H3. The minimum absolute atomic E-state index is 0.464. The van der Waals surface area contributed by atoms with Crippen LogP contribution < -0.4 is 5.32 Å². The van der Waals surface area contributed by atoms with Crippen LogP contribution in [0.15, 0.2) is 40.8 Å². The van der Waals surface area contributed by atoms with Crippen molar-refractivity contribution in [1.82, 2.24) is 0 Å². The Morgan fingerprint density at radius 1 is 1.05 bits per heavy atom. The number of aryl methyl sites for hydroxylation is 3. The van der Waals surface area contributed by atoms with Crippen LogP contribution in [0.25, 0.3) is 11.0 Å². The highest BCUT2D eigenvalue weighted by Gasteiger charge is 2.12. The highest BCUT2D eigenvalue weighted by molar-refractivity contribution is 6.30. The molecule has 0 saturated heterocycles. The first-order valence-electron chi connectivity index (χ1n) is 7.04. The normalized spacial score (nSPS) is 11.0. The fraction of sp³-hybridized carbons (Fsp3) is 0.222. The fourth-order valence-electron chi connectivity index (χ4n) is 2.87. The number of furan rings is 1. The highest BCUT2D eigenvalue weighted by atomic mass is 35.5. The minimum Gasteiger partial charge on any atom is -0.444 e. The van der Waals surface area contributed by atoms with E-state index in [2.05, 4.69) is 38.2 Å². The smallest absolute Gasteiger partial charge is 0.199 e. The molecule has 1 heterocycles. The van der Waals surface area contributed by atoms with E-state index in [1.165, 1.54) is 22.4 Å². The summed E-state index contributed by atoms with van der Waals surface area (Å²) in [5.74, 6) is 0. The summed E-state index contributed by atoms with van der Waals surface area (Å²) in [5, 5.41) is 5.03. The molecule has 3 rings (SSSR count). The van der Waals surface area contributed by atoms with Gasteiger partial charge in [0.1, 0.15) is 5.58 Å². The number of hydrogen-bond acceptors (Lipinski definition) is 2. The summed E-state index contributed by atoms with van der Waals surface area (Å²) < 4.78 is 5.59. The summed E-state index contributed by atoms with van der Waals surface area (Å²) in [5.41, 5.74) is 6.78. The molecule has 1 aromatic heterocycles. The van der Waals surface area contributed by atoms with Gasteiger partial charge in [-0.1, -0.05) is 35.9 Å². The average molecular weight is 300 g/mol. The molecule has 0 fully saturated rings. The van der Waals surface area contributed by atoms with Crippen molar-refractivity contribution in [2.75, 3.05) is 5.32 Å². The number of halogens is 1. The summed E-state index contributed by atoms with van der Waals surface area (Å²) in [6.45, 7) is 7.01. The molecule has 0 radical (unpaired) electrons. The van der Waals surface area contributed by atoms with Crippen molar-refractivity contribution in [1.29, 1.82) is 0 Å². The Bertz CT molecular complexity index is 781. The Balaban J connectivity index is 1.92. The number of fused-ring (bicyclic) bond motifs is 1. The van der Waals surface area contributed by atoms with Crippen LogP contribution >= 0.6 is 11.6 Å². The third kappa shape index (κ3) is 2.64. The predicted molar refractivity (Wildman–Crippen MR) is 89.2 cm³/mol. The van der Waals surface area contributed by atoms with Gasteiger partial charge in [0.05, 0.1) is 0 Å². The molecule has 2 aromatic carbocycles. The number of nitrogens with one attached hydrogen (secondary N) is 1. The number of benzene rings is 2. The second-order valence-electron chi connectivity index (χ2n) is 5.48. The maximum Gasteiger partial charge on any atom is 0.199 e. The van der Waals surface area contributed by atoms with E-state index in [0.717, 1.165) is 16.5 Å². The molecule has 108 valence electrons. The van der Waals surface area contributed by atoms with Gasteiger partial charge in [-0.15, -0.1) is 0 Å². The first-order chi connectivity index (χ1) is 10.1. The molecule has 0 spiro atoms. The minimum atomic E-state index is 0.464. The van der Waals surface area contributed by atoms with Crippen molar-refractivity contribution >= 4 is 28.3 Å². The lowest BCUT2D eigenvalue weighted by molar-refractivity contribution is 0.613. The number of rotatable bonds is 3. The average Bonchev–Trinajstić information content (AvgIpc) is 2.73. The van der Waals surface area contributed by atoms with Crippen molar-refractivity contribution in [2.24, 2.45) is 0 Å². The number of hydrogen-bond donors (Lipinski definition) is 1. The number of anilines is 1. The lowest BCUT2D eigenvalue weighted by Gasteiger charge is -2.13. The van der Waals surface area contributed by atoms with Crippen LogP contribution in [0.5, 0.6) is 0 Å². The lowest BCUT2D eigenvalue weighted by Crippen LogP contribution is -2.03. The van der Waals surface area contributed by atoms with Crippen LogP contribution in [0.2, 0.25) is 5.22 Å². The highest BCUT2D eigenvalue weighted by Crippen LogP contribution is 2.31. The van der Waals surface area contributed by atoms with Gasteiger partial charge < -0.3 is 9.73 Å². The quantitative estimate of drug-likeness (QED) is 0.678. The molecular weight excluding hydrogens is 282 g/mol. The van der Waals surface area contributed by atoms with Gasteiger partial charge in [0, 0.05) is 23.2 Å². The van der Waals surface area contributed by atoms with E-state index >= 15 is 0 Å². The second kappa shape index (κ2) is 5.45. The first-order valence-corrected chi connectivity index (χ1v) is 7.41. The third-order valence-electron chi connectivity index (χ3n) is 3.77. The van der Waals surface area contributed by atoms with Gasteiger partial charge in [-0.2, -0.15) is 0 Å². The molecule has 0 bridgehead atoms. The summed E-state index contributed by atoms with van der Waals surface area (Å²) in [6, 6.07) is 12.3. The summed E-state index contributed by atoms with van der Waals surface area (Å²) in [7, 11) is 0. The van der Waals surface area contributed by atoms with Crippen LogP contribution in [-0.4, -0.2) is 0 Å². The largest absolute Gasteiger partial charge is 0.444 e. The molecular formula is C18H18ClNO. The van der Waals surface area contributed by atoms with E-state index in [1.54, 1.807) is 0 Å². The Morgan fingerprint density at radius 2 is 1.71 bits per heavy atom. The molecule has 3 heteroatoms. The molecule has 0 atom stereocenters. The Morgan fingerprint density at radius 3 is 2.43 bits per heavy atom. The van der Waals surface area contributed by atoms with Gasteiger partial charge in [-0.25, -0.2) is 0 Å². The number of para-hydroxylation sites is 1. The SMILES string of the molecule is Cc1cc(C)c(NCc2c(Cl)oc3ccccc23)c(C)c1. The third-order valence-corrected chi connectivity index (χ3v) is 4.07. The molecule has 1 N–H and O–H groups in total. The molecule has 0 saturated carbocycles. The predicted octanol–water partition coefficient (Wildman–Crippen LogP) is 5.62. The Kier molecular flexibility index (Phi) is 3.64. The molecule has 0 amide bonds. The zero-order chi connectivity index (χ0) is 15.0. The molecule has 0 aliphatic rings. The zero-order valence-electron chi connectivity index (χ0n) is 12.5. The van der Waals surface area contributed by atoms with E-state index in [-0.39, 0.29) is 0 Å². The van der Waals surface area contributed by atoms with E-state index < -0.39 is 0 Å². The second-order valence-corrected chi connectivity index (χ2v) is 5.82. The molecule has 2 nitrogen and oxygen atoms in total. The van der Waals surface area contributed by atoms with Crippen molar-refractivity contribution < 1.29 is 4.42 Å². The van der Waals surface area contributed by atoms with Gasteiger partial charge in [0.25, 0.3) is 0 Å². The van der Waals surface area contributed by atoms with Crippen LogP contribution in [-0.2, 0) is 6.54 Å². The van der Waals surface area contributed by atoms with E-state index in [1.807, 2.05) is 24.3 Å². The van der Waals surface area contributed by atoms with E-state index in [4.69, 9.17) is 16.0 Å². The fourth-order valence-corrected chi connectivity index (χ4v) is 3.12. The topological polar surface area (TPSA) is 25.2 Å². The van der Waals surface area contributed by atoms with Crippen LogP contribution in [0, 0.1) is 20.8 Å². The van der Waals surface area contributed by atoms with Crippen molar-refractivity contribution in [3.8, 4) is 0 Å². The van der Waals surface area contributed by atoms with Crippen LogP contribution in [0.1, 0.15) is 22.3 Å². The molecule has 0 unspecified atom stereocenters. The monoisotopic (exact) mass is 299 g/mol. The van der Waals surface area contributed by atoms with Crippen LogP contribution in [0.3, 0.4) is 0 Å². The summed E-state index contributed by atoms with van der Waals surface area (Å²) in [4.78, 5) is 0. The maximum atomic E-state index is 6.23. The van der Waals surface area contributed by atoms with E-state index in [0.29, 0.717) is 11.8 Å². The van der Waals surface area contributed by atoms with Gasteiger partial charge in [0.2, 0.25) is 0 Å². The summed E-state index contributed by atoms with van der Waals surface area (Å²) >= 11 is 6.23. The van der Waals surface area contributed by atoms with E-state index in [9.17, 15) is 0 Å². The Labute approximate surface area is 129 Å². The summed E-state index contributed by atoms with van der Waals surface area (Å²) in [6.07, 6.45) is 0. The van der Waals surface area contributed by atoms with Gasteiger partial charge in [-0.3, -0.25) is 0 Å². The van der Waals surface area contributed by atoms with Crippen molar-refractivity contribution in [2.45, 2.75) is 27.3 Å². The van der Waals surface area contributed by atoms with Crippen molar-refractivity contribution in [3.63, 3.8) is 0 Å². The lowest BCUT2D eigenvalue weighted by atomic mass is 10.0. The molecule has 3 aromatic rings. The van der Waals surface area contributed by atoms with Crippen LogP contribution in [0.4, 0.5) is 5.69 Å². The van der Waals surface area contributed by atoms with Gasteiger partial charge in [-0.05, 0) is 49.6 Å².